The summed E-state index contributed by atoms with van der Waals surface area (Å²) in [6.07, 6.45) is 1.40. The zero-order valence-corrected chi connectivity index (χ0v) is 14.3. The minimum Gasteiger partial charge on any atom is -0.390 e. The molecule has 1 aromatic carbocycles. The number of hydrogen-bond acceptors (Lipinski definition) is 3. The molecule has 124 valence electrons. The second-order valence-corrected chi connectivity index (χ2v) is 6.60. The normalized spacial score (nSPS) is 11.5. The van der Waals surface area contributed by atoms with Crippen LogP contribution in [-0.4, -0.2) is 26.4 Å². The van der Waals surface area contributed by atoms with E-state index in [1.807, 2.05) is 38.2 Å². The van der Waals surface area contributed by atoms with Crippen LogP contribution in [0.1, 0.15) is 47.6 Å². The van der Waals surface area contributed by atoms with Crippen LogP contribution in [0.4, 0.5) is 0 Å². The number of aliphatic hydroxyl groups is 1. The van der Waals surface area contributed by atoms with E-state index in [4.69, 9.17) is 0 Å². The quantitative estimate of drug-likeness (QED) is 0.860. The topological polar surface area (TPSA) is 67.2 Å². The van der Waals surface area contributed by atoms with Gasteiger partial charge in [-0.25, -0.2) is 0 Å². The Morgan fingerprint density at radius 1 is 1.35 bits per heavy atom. The number of benzene rings is 1. The first-order valence-corrected chi connectivity index (χ1v) is 7.84. The number of hydrogen-bond donors (Lipinski definition) is 2. The molecule has 0 saturated carbocycles. The molecule has 0 atom stereocenters. The number of carbonyl (C=O) groups excluding carboxylic acids is 1. The van der Waals surface area contributed by atoms with E-state index >= 15 is 0 Å². The van der Waals surface area contributed by atoms with Gasteiger partial charge < -0.3 is 10.4 Å². The van der Waals surface area contributed by atoms with Gasteiger partial charge in [0.15, 0.2) is 0 Å². The minimum absolute atomic E-state index is 0.103. The highest BCUT2D eigenvalue weighted by molar-refractivity contribution is 5.94. The van der Waals surface area contributed by atoms with Gasteiger partial charge in [0.2, 0.25) is 0 Å². The SMILES string of the molecule is Cc1cc(CNC(=O)c2cccc(CCC(C)(C)O)c2)n(C)n1. The van der Waals surface area contributed by atoms with E-state index in [2.05, 4.69) is 10.4 Å². The van der Waals surface area contributed by atoms with Crippen molar-refractivity contribution in [2.45, 2.75) is 45.8 Å². The van der Waals surface area contributed by atoms with Crippen LogP contribution in [-0.2, 0) is 20.0 Å². The van der Waals surface area contributed by atoms with Gasteiger partial charge in [-0.1, -0.05) is 12.1 Å². The van der Waals surface area contributed by atoms with Crippen molar-refractivity contribution in [1.82, 2.24) is 15.1 Å². The lowest BCUT2D eigenvalue weighted by Gasteiger charge is -2.16. The van der Waals surface area contributed by atoms with Gasteiger partial charge >= 0.3 is 0 Å². The molecular weight excluding hydrogens is 290 g/mol. The Morgan fingerprint density at radius 3 is 2.70 bits per heavy atom. The van der Waals surface area contributed by atoms with Crippen molar-refractivity contribution in [3.05, 3.63) is 52.8 Å². The molecule has 23 heavy (non-hydrogen) atoms. The summed E-state index contributed by atoms with van der Waals surface area (Å²) in [5, 5.41) is 17.0. The number of nitrogens with one attached hydrogen (secondary N) is 1. The highest BCUT2D eigenvalue weighted by Crippen LogP contribution is 2.14. The Balaban J connectivity index is 1.98. The number of carbonyl (C=O) groups is 1. The monoisotopic (exact) mass is 315 g/mol. The molecule has 0 saturated heterocycles. The second-order valence-electron chi connectivity index (χ2n) is 6.60. The predicted octanol–water partition coefficient (Wildman–Crippen LogP) is 2.36. The summed E-state index contributed by atoms with van der Waals surface area (Å²) in [6.45, 7) is 5.96. The van der Waals surface area contributed by atoms with Crippen LogP contribution >= 0.6 is 0 Å². The smallest absolute Gasteiger partial charge is 0.251 e. The van der Waals surface area contributed by atoms with Crippen molar-refractivity contribution in [2.24, 2.45) is 7.05 Å². The summed E-state index contributed by atoms with van der Waals surface area (Å²) in [5.74, 6) is -0.103. The standard InChI is InChI=1S/C18H25N3O2/c1-13-10-16(21(4)20-13)12-19-17(22)15-7-5-6-14(11-15)8-9-18(2,3)23/h5-7,10-11,23H,8-9,12H2,1-4H3,(H,19,22). The van der Waals surface area contributed by atoms with Crippen molar-refractivity contribution in [3.8, 4) is 0 Å². The summed E-state index contributed by atoms with van der Waals surface area (Å²) in [7, 11) is 1.87. The first-order chi connectivity index (χ1) is 10.7. The number of rotatable bonds is 6. The fourth-order valence-electron chi connectivity index (χ4n) is 2.42. The van der Waals surface area contributed by atoms with Crippen molar-refractivity contribution in [2.75, 3.05) is 0 Å². The Morgan fingerprint density at radius 2 is 2.09 bits per heavy atom. The van der Waals surface area contributed by atoms with Crippen LogP contribution in [0.15, 0.2) is 30.3 Å². The maximum atomic E-state index is 12.3. The first kappa shape index (κ1) is 17.2. The molecule has 0 fully saturated rings. The number of nitrogens with zero attached hydrogens (tertiary/aromatic N) is 2. The van der Waals surface area contributed by atoms with E-state index in [0.29, 0.717) is 18.5 Å². The first-order valence-electron chi connectivity index (χ1n) is 7.84. The lowest BCUT2D eigenvalue weighted by molar-refractivity contribution is 0.0714. The van der Waals surface area contributed by atoms with Crippen LogP contribution < -0.4 is 5.32 Å². The van der Waals surface area contributed by atoms with Gasteiger partial charge in [-0.2, -0.15) is 5.10 Å². The average Bonchev–Trinajstić information content (AvgIpc) is 2.80. The van der Waals surface area contributed by atoms with Crippen LogP contribution in [0.3, 0.4) is 0 Å². The fraction of sp³-hybridized carbons (Fsp3) is 0.444. The molecular formula is C18H25N3O2. The fourth-order valence-corrected chi connectivity index (χ4v) is 2.42. The molecule has 5 nitrogen and oxygen atoms in total. The molecule has 0 aliphatic rings. The molecule has 2 aromatic rings. The maximum absolute atomic E-state index is 12.3. The molecule has 1 amide bonds. The third-order valence-corrected chi connectivity index (χ3v) is 3.74. The Kier molecular flexibility index (Phi) is 5.21. The van der Waals surface area contributed by atoms with Crippen LogP contribution in [0, 0.1) is 6.92 Å². The van der Waals surface area contributed by atoms with Gasteiger partial charge in [0.1, 0.15) is 0 Å². The minimum atomic E-state index is -0.699. The van der Waals surface area contributed by atoms with Gasteiger partial charge in [0.25, 0.3) is 5.91 Å². The van der Waals surface area contributed by atoms with E-state index in [1.165, 1.54) is 0 Å². The zero-order valence-electron chi connectivity index (χ0n) is 14.3. The molecule has 0 bridgehead atoms. The van der Waals surface area contributed by atoms with Crippen LogP contribution in [0.2, 0.25) is 0 Å². The van der Waals surface area contributed by atoms with E-state index < -0.39 is 5.60 Å². The molecule has 1 heterocycles. The third kappa shape index (κ3) is 5.21. The van der Waals surface area contributed by atoms with E-state index in [-0.39, 0.29) is 5.91 Å². The van der Waals surface area contributed by atoms with E-state index in [0.717, 1.165) is 23.4 Å². The summed E-state index contributed by atoms with van der Waals surface area (Å²) in [6, 6.07) is 9.50. The van der Waals surface area contributed by atoms with Gasteiger partial charge in [0.05, 0.1) is 23.5 Å². The lowest BCUT2D eigenvalue weighted by atomic mass is 9.98. The number of aromatic nitrogens is 2. The van der Waals surface area contributed by atoms with E-state index in [9.17, 15) is 9.90 Å². The van der Waals surface area contributed by atoms with Crippen molar-refractivity contribution in [3.63, 3.8) is 0 Å². The second kappa shape index (κ2) is 6.96. The van der Waals surface area contributed by atoms with Crippen molar-refractivity contribution >= 4 is 5.91 Å². The molecule has 0 aliphatic heterocycles. The molecule has 2 N–H and O–H groups in total. The van der Waals surface area contributed by atoms with Gasteiger partial charge in [-0.05, 0) is 57.4 Å². The zero-order chi connectivity index (χ0) is 17.0. The number of aryl methyl sites for hydroxylation is 3. The highest BCUT2D eigenvalue weighted by Gasteiger charge is 2.13. The van der Waals surface area contributed by atoms with Crippen molar-refractivity contribution < 1.29 is 9.90 Å². The van der Waals surface area contributed by atoms with Crippen molar-refractivity contribution in [1.29, 1.82) is 0 Å². The summed E-state index contributed by atoms with van der Waals surface area (Å²) in [4.78, 5) is 12.3. The van der Waals surface area contributed by atoms with Gasteiger partial charge in [-0.3, -0.25) is 9.48 Å². The molecule has 0 unspecified atom stereocenters. The maximum Gasteiger partial charge on any atom is 0.251 e. The predicted molar refractivity (Wildman–Crippen MR) is 90.2 cm³/mol. The van der Waals surface area contributed by atoms with E-state index in [1.54, 1.807) is 24.6 Å². The van der Waals surface area contributed by atoms with Gasteiger partial charge in [0, 0.05) is 12.6 Å². The Hall–Kier alpha value is -2.14. The lowest BCUT2D eigenvalue weighted by Crippen LogP contribution is -2.24. The highest BCUT2D eigenvalue weighted by atomic mass is 16.3. The average molecular weight is 315 g/mol. The molecule has 5 heteroatoms. The van der Waals surface area contributed by atoms with Gasteiger partial charge in [-0.15, -0.1) is 0 Å². The third-order valence-electron chi connectivity index (χ3n) is 3.74. The van der Waals surface area contributed by atoms with Crippen LogP contribution in [0.25, 0.3) is 0 Å². The summed E-state index contributed by atoms with van der Waals surface area (Å²) < 4.78 is 1.77. The summed E-state index contributed by atoms with van der Waals surface area (Å²) in [5.41, 5.74) is 2.89. The molecule has 0 spiro atoms. The Bertz CT molecular complexity index is 684. The van der Waals surface area contributed by atoms with Crippen LogP contribution in [0.5, 0.6) is 0 Å². The molecule has 0 aliphatic carbocycles. The number of amides is 1. The largest absolute Gasteiger partial charge is 0.390 e. The Labute approximate surface area is 137 Å². The molecule has 0 radical (unpaired) electrons. The molecule has 1 aromatic heterocycles. The molecule has 2 rings (SSSR count). The summed E-state index contributed by atoms with van der Waals surface area (Å²) >= 11 is 0.